The molecule has 0 N–H and O–H groups in total. The monoisotopic (exact) mass is 770 g/mol. The van der Waals surface area contributed by atoms with Crippen LogP contribution < -0.4 is 0 Å². The van der Waals surface area contributed by atoms with E-state index in [1.54, 1.807) is 24.3 Å². The van der Waals surface area contributed by atoms with E-state index in [2.05, 4.69) is 59.2 Å². The number of nitrogens with zero attached hydrogens (tertiary/aromatic N) is 6. The topological polar surface area (TPSA) is 91.2 Å². The lowest BCUT2D eigenvalue weighted by Crippen LogP contribution is -2.02. The van der Waals surface area contributed by atoms with Crippen LogP contribution in [-0.4, -0.2) is 19.5 Å². The summed E-state index contributed by atoms with van der Waals surface area (Å²) >= 11 is 0. The van der Waals surface area contributed by atoms with Gasteiger partial charge in [0, 0.05) is 33.0 Å². The van der Waals surface area contributed by atoms with Crippen LogP contribution in [0.15, 0.2) is 188 Å². The molecule has 60 heavy (non-hydrogen) atoms. The maximum Gasteiger partial charge on any atom is 0.164 e. The number of benzene rings is 8. The van der Waals surface area contributed by atoms with Crippen molar-refractivity contribution in [3.63, 3.8) is 0 Å². The van der Waals surface area contributed by atoms with E-state index >= 15 is 4.39 Å². The van der Waals surface area contributed by atoms with Gasteiger partial charge in [0.25, 0.3) is 0 Å². The Hall–Kier alpha value is -8.52. The minimum absolute atomic E-state index is 0.337. The van der Waals surface area contributed by atoms with Crippen molar-refractivity contribution in [1.82, 2.24) is 19.5 Å². The molecule has 0 fully saturated rings. The second-order valence-electron chi connectivity index (χ2n) is 14.5. The lowest BCUT2D eigenvalue weighted by Gasteiger charge is -2.17. The summed E-state index contributed by atoms with van der Waals surface area (Å²) in [4.78, 5) is 15.0. The highest BCUT2D eigenvalue weighted by Gasteiger charge is 2.20. The fourth-order valence-corrected chi connectivity index (χ4v) is 7.87. The van der Waals surface area contributed by atoms with Crippen molar-refractivity contribution >= 4 is 21.8 Å². The summed E-state index contributed by atoms with van der Waals surface area (Å²) in [6.45, 7) is 0. The van der Waals surface area contributed by atoms with E-state index in [9.17, 15) is 10.5 Å². The van der Waals surface area contributed by atoms with Crippen molar-refractivity contribution < 1.29 is 4.39 Å². The summed E-state index contributed by atoms with van der Waals surface area (Å²) in [6.07, 6.45) is 0. The molecule has 0 radical (unpaired) electrons. The molecule has 6 nitrogen and oxygen atoms in total. The third kappa shape index (κ3) is 6.63. The predicted molar refractivity (Wildman–Crippen MR) is 236 cm³/mol. The van der Waals surface area contributed by atoms with Crippen LogP contribution in [0.1, 0.15) is 11.1 Å². The molecule has 0 bridgehead atoms. The van der Waals surface area contributed by atoms with Crippen molar-refractivity contribution in [2.75, 3.05) is 0 Å². The fraction of sp³-hybridized carbons (Fsp3) is 0. The van der Waals surface area contributed by atoms with Gasteiger partial charge in [-0.1, -0.05) is 121 Å². The summed E-state index contributed by atoms with van der Waals surface area (Å²) in [7, 11) is 0. The molecule has 10 aromatic rings. The van der Waals surface area contributed by atoms with E-state index in [0.29, 0.717) is 34.2 Å². The Morgan fingerprint density at radius 1 is 0.383 bits per heavy atom. The van der Waals surface area contributed by atoms with Gasteiger partial charge in [0.1, 0.15) is 5.82 Å². The first-order chi connectivity index (χ1) is 29.5. The van der Waals surface area contributed by atoms with Gasteiger partial charge in [0.15, 0.2) is 17.5 Å². The molecule has 0 spiro atoms. The van der Waals surface area contributed by atoms with Crippen molar-refractivity contribution in [1.29, 1.82) is 10.5 Å². The molecular weight excluding hydrogens is 740 g/mol. The van der Waals surface area contributed by atoms with Crippen LogP contribution in [0, 0.1) is 28.5 Å². The molecule has 0 atom stereocenters. The number of rotatable bonds is 7. The van der Waals surface area contributed by atoms with Crippen molar-refractivity contribution in [3.05, 3.63) is 205 Å². The summed E-state index contributed by atoms with van der Waals surface area (Å²) in [5, 5.41) is 21.4. The fourth-order valence-electron chi connectivity index (χ4n) is 7.87. The lowest BCUT2D eigenvalue weighted by atomic mass is 9.99. The average Bonchev–Trinajstić information content (AvgIpc) is 3.64. The summed E-state index contributed by atoms with van der Waals surface area (Å²) < 4.78 is 17.3. The third-order valence-corrected chi connectivity index (χ3v) is 10.7. The molecule has 10 rings (SSSR count). The Labute approximate surface area is 345 Å². The van der Waals surface area contributed by atoms with Gasteiger partial charge in [-0.25, -0.2) is 19.3 Å². The molecule has 0 aliphatic carbocycles. The Kier molecular flexibility index (Phi) is 9.02. The zero-order valence-electron chi connectivity index (χ0n) is 32.0. The van der Waals surface area contributed by atoms with Gasteiger partial charge in [-0.2, -0.15) is 10.5 Å². The largest absolute Gasteiger partial charge is 0.309 e. The molecule has 0 aliphatic rings. The molecular formula is C53H31FN6. The standard InChI is InChI=1S/C53H31FN6/c54-44-19-9-18-42(28-44)45-23-20-43(53-58-51(36-12-3-1-4-13-36)57-52(59-53)37-14-5-2-6-15-37)31-50(45)60-48-24-21-40(38-16-7-10-34(26-38)32-55)29-46(48)47-30-41(22-25-49(47)60)39-17-8-11-35(27-39)33-56/h1-31H. The van der Waals surface area contributed by atoms with Gasteiger partial charge in [0.2, 0.25) is 0 Å². The zero-order chi connectivity index (χ0) is 40.6. The molecule has 7 heteroatoms. The summed E-state index contributed by atoms with van der Waals surface area (Å²) in [5.74, 6) is 1.26. The van der Waals surface area contributed by atoms with Crippen molar-refractivity contribution in [3.8, 4) is 85.4 Å². The van der Waals surface area contributed by atoms with Crippen molar-refractivity contribution in [2.24, 2.45) is 0 Å². The molecule has 2 aromatic heterocycles. The maximum atomic E-state index is 15.0. The second kappa shape index (κ2) is 15.1. The Bertz CT molecular complexity index is 3190. The second-order valence-corrected chi connectivity index (χ2v) is 14.5. The molecule has 0 aliphatic heterocycles. The minimum atomic E-state index is -0.337. The number of hydrogen-bond donors (Lipinski definition) is 0. The van der Waals surface area contributed by atoms with Gasteiger partial charge in [0.05, 0.1) is 40.0 Å². The van der Waals surface area contributed by atoms with Crippen LogP contribution in [0.5, 0.6) is 0 Å². The van der Waals surface area contributed by atoms with E-state index in [1.807, 2.05) is 115 Å². The molecule has 280 valence electrons. The molecule has 0 saturated heterocycles. The van der Waals surface area contributed by atoms with Crippen molar-refractivity contribution in [2.45, 2.75) is 0 Å². The lowest BCUT2D eigenvalue weighted by molar-refractivity contribution is 0.628. The first-order valence-electron chi connectivity index (χ1n) is 19.4. The van der Waals surface area contributed by atoms with E-state index in [4.69, 9.17) is 15.0 Å². The maximum absolute atomic E-state index is 15.0. The smallest absolute Gasteiger partial charge is 0.164 e. The SMILES string of the molecule is N#Cc1cccc(-c2ccc3c(c2)c2cc(-c4cccc(C#N)c4)ccc2n3-c2cc(-c3nc(-c4ccccc4)nc(-c4ccccc4)n3)ccc2-c2cccc(F)c2)c1. The van der Waals surface area contributed by atoms with Gasteiger partial charge in [-0.3, -0.25) is 0 Å². The Morgan fingerprint density at radius 2 is 0.833 bits per heavy atom. The molecule has 8 aromatic carbocycles. The van der Waals surface area contributed by atoms with Crippen LogP contribution in [0.25, 0.3) is 95.0 Å². The number of halogens is 1. The molecule has 0 unspecified atom stereocenters. The van der Waals surface area contributed by atoms with Crippen LogP contribution in [-0.2, 0) is 0 Å². The van der Waals surface area contributed by atoms with E-state index in [-0.39, 0.29) is 5.82 Å². The Morgan fingerprint density at radius 3 is 1.35 bits per heavy atom. The Balaban J connectivity index is 1.26. The number of fused-ring (bicyclic) bond motifs is 3. The molecule has 0 amide bonds. The highest BCUT2D eigenvalue weighted by Crippen LogP contribution is 2.41. The quantitative estimate of drug-likeness (QED) is 0.161. The summed E-state index contributed by atoms with van der Waals surface area (Å²) in [6, 6.07) is 64.8. The predicted octanol–water partition coefficient (Wildman–Crippen LogP) is 12.9. The van der Waals surface area contributed by atoms with Gasteiger partial charge in [-0.05, 0) is 94.5 Å². The average molecular weight is 771 g/mol. The number of aromatic nitrogens is 4. The minimum Gasteiger partial charge on any atom is -0.309 e. The van der Waals surface area contributed by atoms with E-state index < -0.39 is 0 Å². The third-order valence-electron chi connectivity index (χ3n) is 10.7. The van der Waals surface area contributed by atoms with Gasteiger partial charge in [-0.15, -0.1) is 0 Å². The first kappa shape index (κ1) is 35.9. The van der Waals surface area contributed by atoms with Crippen LogP contribution in [0.4, 0.5) is 4.39 Å². The zero-order valence-corrected chi connectivity index (χ0v) is 32.0. The molecule has 0 saturated carbocycles. The van der Waals surface area contributed by atoms with Gasteiger partial charge >= 0.3 is 0 Å². The first-order valence-corrected chi connectivity index (χ1v) is 19.4. The van der Waals surface area contributed by atoms with Crippen LogP contribution >= 0.6 is 0 Å². The number of hydrogen-bond acceptors (Lipinski definition) is 5. The van der Waals surface area contributed by atoms with Crippen LogP contribution in [0.3, 0.4) is 0 Å². The van der Waals surface area contributed by atoms with Gasteiger partial charge < -0.3 is 4.57 Å². The molecule has 2 heterocycles. The summed E-state index contributed by atoms with van der Waals surface area (Å²) in [5.41, 5.74) is 11.6. The van der Waals surface area contributed by atoms with E-state index in [1.165, 1.54) is 6.07 Å². The highest BCUT2D eigenvalue weighted by atomic mass is 19.1. The number of nitriles is 2. The van der Waals surface area contributed by atoms with Crippen LogP contribution in [0.2, 0.25) is 0 Å². The normalized spacial score (nSPS) is 11.1. The van der Waals surface area contributed by atoms with E-state index in [0.717, 1.165) is 72.0 Å². The highest BCUT2D eigenvalue weighted by molar-refractivity contribution is 6.12.